The summed E-state index contributed by atoms with van der Waals surface area (Å²) >= 11 is 0. The molecule has 194 valence electrons. The van der Waals surface area contributed by atoms with Crippen molar-refractivity contribution >= 4 is 26.9 Å². The molecule has 2 atom stereocenters. The Morgan fingerprint density at radius 2 is 1.78 bits per heavy atom. The second kappa shape index (κ2) is 11.4. The van der Waals surface area contributed by atoms with Crippen LogP contribution in [0.25, 0.3) is 10.9 Å². The molecular formula is C25H31N3O7S. The molecule has 2 aromatic carbocycles. The zero-order valence-corrected chi connectivity index (χ0v) is 21.2. The lowest BCUT2D eigenvalue weighted by atomic mass is 10.1. The van der Waals surface area contributed by atoms with Gasteiger partial charge in [0.2, 0.25) is 10.0 Å². The van der Waals surface area contributed by atoms with Crippen molar-refractivity contribution in [1.82, 2.24) is 14.1 Å². The minimum absolute atomic E-state index is 0.0125. The second-order valence-corrected chi connectivity index (χ2v) is 10.7. The Labute approximate surface area is 210 Å². The molecule has 1 aromatic heterocycles. The maximum Gasteiger partial charge on any atom is 0.309 e. The predicted molar refractivity (Wildman–Crippen MR) is 133 cm³/mol. The number of carboxylic acid groups (broad SMARTS) is 1. The number of carbonyl (C=O) groups is 1. The Bertz CT molecular complexity index is 1290. The summed E-state index contributed by atoms with van der Waals surface area (Å²) in [5.74, 6) is -0.410. The fraction of sp³-hybridized carbons (Fsp3) is 0.440. The topological polar surface area (TPSA) is 120 Å². The number of hydrogen-bond donors (Lipinski definition) is 1. The first kappa shape index (κ1) is 26.1. The van der Waals surface area contributed by atoms with Crippen molar-refractivity contribution in [2.45, 2.75) is 24.3 Å². The minimum Gasteiger partial charge on any atom is -0.491 e. The highest BCUT2D eigenvalue weighted by molar-refractivity contribution is 7.89. The van der Waals surface area contributed by atoms with Crippen LogP contribution in [0, 0.1) is 5.92 Å². The second-order valence-electron chi connectivity index (χ2n) is 8.77. The van der Waals surface area contributed by atoms with Crippen molar-refractivity contribution in [3.05, 3.63) is 54.2 Å². The largest absolute Gasteiger partial charge is 0.491 e. The lowest BCUT2D eigenvalue weighted by Gasteiger charge is -2.18. The van der Waals surface area contributed by atoms with Crippen LogP contribution in [-0.4, -0.2) is 80.2 Å². The number of para-hydroxylation sites is 1. The third-order valence-corrected chi connectivity index (χ3v) is 8.10. The molecule has 0 radical (unpaired) electrons. The summed E-state index contributed by atoms with van der Waals surface area (Å²) in [6, 6.07) is 13.6. The summed E-state index contributed by atoms with van der Waals surface area (Å²) in [4.78, 5) is 11.5. The number of rotatable bonds is 12. The number of carboxylic acids is 1. The monoisotopic (exact) mass is 517 g/mol. The van der Waals surface area contributed by atoms with E-state index in [-0.39, 0.29) is 29.8 Å². The molecule has 0 unspecified atom stereocenters. The van der Waals surface area contributed by atoms with Crippen molar-refractivity contribution in [1.29, 1.82) is 0 Å². The van der Waals surface area contributed by atoms with Crippen molar-refractivity contribution in [3.8, 4) is 5.75 Å². The van der Waals surface area contributed by atoms with Crippen LogP contribution < -0.4 is 4.74 Å². The van der Waals surface area contributed by atoms with Crippen molar-refractivity contribution < 1.29 is 32.5 Å². The van der Waals surface area contributed by atoms with E-state index in [0.29, 0.717) is 44.4 Å². The number of sulfonamides is 1. The lowest BCUT2D eigenvalue weighted by Crippen LogP contribution is -2.29. The van der Waals surface area contributed by atoms with E-state index in [4.69, 9.17) is 14.2 Å². The fourth-order valence-corrected chi connectivity index (χ4v) is 5.98. The third-order valence-electron chi connectivity index (χ3n) is 6.25. The number of methoxy groups -OCH3 is 1. The molecule has 36 heavy (non-hydrogen) atoms. The molecule has 1 aliphatic heterocycles. The summed E-state index contributed by atoms with van der Waals surface area (Å²) in [6.07, 6.45) is -0.190. The Morgan fingerprint density at radius 1 is 1.06 bits per heavy atom. The molecule has 4 rings (SSSR count). The van der Waals surface area contributed by atoms with Gasteiger partial charge in [-0.2, -0.15) is 9.40 Å². The van der Waals surface area contributed by atoms with Gasteiger partial charge < -0.3 is 19.3 Å². The summed E-state index contributed by atoms with van der Waals surface area (Å²) in [5, 5.41) is 14.6. The maximum absolute atomic E-state index is 13.4. The molecule has 0 bridgehead atoms. The van der Waals surface area contributed by atoms with Crippen LogP contribution >= 0.6 is 0 Å². The summed E-state index contributed by atoms with van der Waals surface area (Å²) in [6.45, 7) is 4.34. The Balaban J connectivity index is 1.46. The number of aliphatic carboxylic acids is 1. The summed E-state index contributed by atoms with van der Waals surface area (Å²) in [7, 11) is -2.12. The highest BCUT2D eigenvalue weighted by Gasteiger charge is 2.39. The van der Waals surface area contributed by atoms with Gasteiger partial charge in [-0.25, -0.2) is 8.42 Å². The van der Waals surface area contributed by atoms with Crippen LogP contribution in [0.3, 0.4) is 0 Å². The fourth-order valence-electron chi connectivity index (χ4n) is 4.42. The van der Waals surface area contributed by atoms with Crippen LogP contribution in [0.4, 0.5) is 0 Å². The standard InChI is InChI=1S/C25H31N3O7S/c1-18-16-27(17-24(18)28-23-6-4-3-5-21(23)22(26-28)15-25(29)30)36(31,32)20-9-7-19(8-10-20)35-14-13-34-12-11-33-2/h3-10,18,24H,11-17H2,1-2H3,(H,29,30)/t18-,24+/m1/s1. The molecule has 1 fully saturated rings. The molecule has 0 aliphatic carbocycles. The highest BCUT2D eigenvalue weighted by atomic mass is 32.2. The number of ether oxygens (including phenoxy) is 3. The quantitative estimate of drug-likeness (QED) is 0.364. The van der Waals surface area contributed by atoms with Gasteiger partial charge >= 0.3 is 5.97 Å². The van der Waals surface area contributed by atoms with Crippen LogP contribution in [0.2, 0.25) is 0 Å². The van der Waals surface area contributed by atoms with E-state index in [0.717, 1.165) is 10.9 Å². The maximum atomic E-state index is 13.4. The van der Waals surface area contributed by atoms with E-state index < -0.39 is 16.0 Å². The van der Waals surface area contributed by atoms with Gasteiger partial charge in [0, 0.05) is 25.6 Å². The average molecular weight is 518 g/mol. The molecular weight excluding hydrogens is 486 g/mol. The molecule has 0 amide bonds. The lowest BCUT2D eigenvalue weighted by molar-refractivity contribution is -0.136. The summed E-state index contributed by atoms with van der Waals surface area (Å²) < 4.78 is 45.9. The predicted octanol–water partition coefficient (Wildman–Crippen LogP) is 2.59. The number of hydrogen-bond acceptors (Lipinski definition) is 7. The van der Waals surface area contributed by atoms with E-state index in [2.05, 4.69) is 5.10 Å². The average Bonchev–Trinajstić information content (AvgIpc) is 3.42. The van der Waals surface area contributed by atoms with Gasteiger partial charge in [-0.3, -0.25) is 9.48 Å². The van der Waals surface area contributed by atoms with Crippen LogP contribution in [0.15, 0.2) is 53.4 Å². The highest BCUT2D eigenvalue weighted by Crippen LogP contribution is 2.34. The van der Waals surface area contributed by atoms with Crippen LogP contribution in [-0.2, 0) is 30.7 Å². The first-order valence-corrected chi connectivity index (χ1v) is 13.2. The normalized spacial score (nSPS) is 18.6. The Kier molecular flexibility index (Phi) is 8.24. The van der Waals surface area contributed by atoms with E-state index in [9.17, 15) is 18.3 Å². The minimum atomic E-state index is -3.73. The first-order valence-electron chi connectivity index (χ1n) is 11.8. The van der Waals surface area contributed by atoms with Gasteiger partial charge in [0.25, 0.3) is 0 Å². The number of nitrogens with zero attached hydrogens (tertiary/aromatic N) is 3. The van der Waals surface area contributed by atoms with Crippen molar-refractivity contribution in [3.63, 3.8) is 0 Å². The molecule has 11 heteroatoms. The smallest absolute Gasteiger partial charge is 0.309 e. The van der Waals surface area contributed by atoms with Gasteiger partial charge in [0.05, 0.1) is 48.4 Å². The molecule has 1 N–H and O–H groups in total. The third kappa shape index (κ3) is 5.70. The molecule has 2 heterocycles. The van der Waals surface area contributed by atoms with E-state index >= 15 is 0 Å². The van der Waals surface area contributed by atoms with Crippen molar-refractivity contribution in [2.24, 2.45) is 5.92 Å². The molecule has 1 aliphatic rings. The van der Waals surface area contributed by atoms with E-state index in [1.807, 2.05) is 31.2 Å². The zero-order chi connectivity index (χ0) is 25.7. The zero-order valence-electron chi connectivity index (χ0n) is 20.4. The van der Waals surface area contributed by atoms with Crippen LogP contribution in [0.5, 0.6) is 5.75 Å². The number of aromatic nitrogens is 2. The van der Waals surface area contributed by atoms with Gasteiger partial charge in [-0.05, 0) is 36.2 Å². The number of benzene rings is 2. The molecule has 10 nitrogen and oxygen atoms in total. The van der Waals surface area contributed by atoms with E-state index in [1.165, 1.54) is 4.31 Å². The first-order chi connectivity index (χ1) is 17.3. The van der Waals surface area contributed by atoms with Gasteiger partial charge in [0.1, 0.15) is 12.4 Å². The van der Waals surface area contributed by atoms with E-state index in [1.54, 1.807) is 36.1 Å². The number of fused-ring (bicyclic) bond motifs is 1. The SMILES string of the molecule is COCCOCCOc1ccc(S(=O)(=O)N2C[C@@H](C)[C@@H](n3nc(CC(=O)O)c4ccccc43)C2)cc1. The Hall–Kier alpha value is -2.99. The molecule has 0 saturated carbocycles. The molecule has 1 saturated heterocycles. The van der Waals surface area contributed by atoms with Crippen LogP contribution in [0.1, 0.15) is 18.7 Å². The summed E-state index contributed by atoms with van der Waals surface area (Å²) in [5.41, 5.74) is 1.28. The van der Waals surface area contributed by atoms with Crippen molar-refractivity contribution in [2.75, 3.05) is 46.6 Å². The van der Waals surface area contributed by atoms with Gasteiger partial charge in [-0.1, -0.05) is 25.1 Å². The molecule has 0 spiro atoms. The Morgan fingerprint density at radius 3 is 2.50 bits per heavy atom. The van der Waals surface area contributed by atoms with Gasteiger partial charge in [0.15, 0.2) is 0 Å². The molecule has 3 aromatic rings. The van der Waals surface area contributed by atoms with Gasteiger partial charge in [-0.15, -0.1) is 0 Å².